The number of para-hydroxylation sites is 2. The Balaban J connectivity index is 1.23. The molecule has 0 saturated heterocycles. The number of nitro groups is 1. The van der Waals surface area contributed by atoms with Crippen LogP contribution in [-0.4, -0.2) is 167 Å². The molecule has 0 spiro atoms. The highest BCUT2D eigenvalue weighted by atomic mass is 32.2. The molecule has 0 aliphatic heterocycles. The lowest BCUT2D eigenvalue weighted by Crippen LogP contribution is -2.27. The molecule has 0 aliphatic rings. The van der Waals surface area contributed by atoms with Gasteiger partial charge < -0.3 is 25.4 Å². The van der Waals surface area contributed by atoms with Gasteiger partial charge in [0.25, 0.3) is 66.4 Å². The number of aromatic nitrogens is 5. The summed E-state index contributed by atoms with van der Waals surface area (Å²) in [5, 5.41) is 74.6. The van der Waals surface area contributed by atoms with Crippen LogP contribution in [-0.2, 0) is 60.7 Å². The van der Waals surface area contributed by atoms with Gasteiger partial charge in [-0.05, 0) is 129 Å². The molecular formula is C60H60N18O22S8. The summed E-state index contributed by atoms with van der Waals surface area (Å²) < 4.78 is 210. The number of ether oxygens (including phenoxy) is 1. The van der Waals surface area contributed by atoms with Crippen molar-refractivity contribution in [3.8, 4) is 17.7 Å². The van der Waals surface area contributed by atoms with Gasteiger partial charge in [-0.2, -0.15) is 80.9 Å². The average Bonchev–Trinajstić information content (AvgIpc) is 1.58. The summed E-state index contributed by atoms with van der Waals surface area (Å²) in [4.78, 5) is 28.5. The molecule has 0 aliphatic carbocycles. The van der Waals surface area contributed by atoms with E-state index in [1.54, 1.807) is 31.2 Å². The second-order valence-electron chi connectivity index (χ2n) is 23.0. The van der Waals surface area contributed by atoms with E-state index in [1.807, 2.05) is 0 Å². The van der Waals surface area contributed by atoms with Crippen molar-refractivity contribution in [3.05, 3.63) is 135 Å². The monoisotopic (exact) mass is 1640 g/mol. The van der Waals surface area contributed by atoms with Crippen LogP contribution in [0.4, 0.5) is 80.4 Å². The van der Waals surface area contributed by atoms with E-state index in [4.69, 9.17) is 4.74 Å². The Labute approximate surface area is 623 Å². The van der Waals surface area contributed by atoms with E-state index in [1.165, 1.54) is 78.7 Å². The highest BCUT2D eigenvalue weighted by Gasteiger charge is 2.25. The van der Waals surface area contributed by atoms with E-state index in [9.17, 15) is 98.3 Å². The molecule has 9 rings (SSSR count). The van der Waals surface area contributed by atoms with Crippen LogP contribution in [0.2, 0.25) is 0 Å². The molecule has 0 radical (unpaired) electrons. The molecule has 0 unspecified atom stereocenters. The third-order valence-electron chi connectivity index (χ3n) is 14.9. The summed E-state index contributed by atoms with van der Waals surface area (Å²) in [6, 6.07) is 24.3. The van der Waals surface area contributed by atoms with Crippen LogP contribution in [0, 0.1) is 42.2 Å². The fraction of sp³-hybridized carbons (Fsp3) is 0.250. The Morgan fingerprint density at radius 3 is 1.73 bits per heavy atom. The summed E-state index contributed by atoms with van der Waals surface area (Å²) >= 11 is 1.93. The quantitative estimate of drug-likeness (QED) is 0.00452. The third-order valence-corrected chi connectivity index (χ3v) is 22.0. The molecule has 570 valence electrons. The van der Waals surface area contributed by atoms with E-state index in [0.717, 1.165) is 47.8 Å². The summed E-state index contributed by atoms with van der Waals surface area (Å²) in [6.07, 6.45) is -0.566. The molecule has 108 heavy (non-hydrogen) atoms. The predicted molar refractivity (Wildman–Crippen MR) is 395 cm³/mol. The highest BCUT2D eigenvalue weighted by Crippen LogP contribution is 2.46. The zero-order valence-electron chi connectivity index (χ0n) is 56.3. The maximum Gasteiger partial charge on any atom is 0.297 e. The van der Waals surface area contributed by atoms with Crippen molar-refractivity contribution in [2.45, 2.75) is 59.6 Å². The number of fused-ring (bicyclic) bond motifs is 3. The molecule has 6 aromatic carbocycles. The first-order valence-electron chi connectivity index (χ1n) is 30.8. The van der Waals surface area contributed by atoms with Crippen LogP contribution >= 0.6 is 23.5 Å². The molecule has 3 aromatic heterocycles. The van der Waals surface area contributed by atoms with Crippen LogP contribution in [0.1, 0.15) is 41.5 Å². The molecule has 9 aromatic rings. The number of aryl methyl sites for hydroxylation is 2. The second-order valence-corrected chi connectivity index (χ2v) is 34.4. The Morgan fingerprint density at radius 1 is 0.583 bits per heavy atom. The van der Waals surface area contributed by atoms with Crippen molar-refractivity contribution in [1.29, 1.82) is 5.26 Å². The van der Waals surface area contributed by atoms with Crippen LogP contribution in [0.5, 0.6) is 11.6 Å². The van der Waals surface area contributed by atoms with Crippen molar-refractivity contribution in [2.75, 3.05) is 70.2 Å². The Hall–Kier alpha value is -10.3. The van der Waals surface area contributed by atoms with E-state index in [0.29, 0.717) is 22.7 Å². The number of hydrogen-bond donors (Lipinski definition) is 9. The molecule has 0 amide bonds. The number of nitro benzene ring substituents is 1. The van der Waals surface area contributed by atoms with Gasteiger partial charge >= 0.3 is 0 Å². The molecular weight excluding hydrogens is 1580 g/mol. The standard InChI is InChI=1S/C60H60N18O22S8/c1-34-25-47(72-75-55-36(3)40(33-61)56-63-41-13-5-6-14-50(41)77(56)57(55)79)51(100-18-8-21-103(82,83)84)30-43(34)69-74-49-29-45(64-59-65-58(62-37-11-7-12-39(27-37)107(94,95)96)66-60(67-59)76(4)17-24-106(91,92)93)46(32-53(49)102-20-10-23-105(88,89)90)71-73-48-26-35(2)44(31-52(48)101-19-9-22-104(85,86)87)70-68-42-16-15-38(78(80)81)28-54(42)108(97,98)99/h5-7,11-16,25-32,79H,8-10,17-24H2,1-4H3,(H,82,83,84)(H,85,86,87)(H,88,89,90)(H,91,92,93)(H,94,95,96)(H,97,98,99)(H2,62,64,65,66,67). The Kier molecular flexibility index (Phi) is 25.7. The number of anilines is 5. The average molecular weight is 1640 g/mol. The minimum absolute atomic E-state index is 0.00104. The van der Waals surface area contributed by atoms with Gasteiger partial charge in [-0.25, -0.2) is 4.98 Å². The number of nitriles is 1. The molecule has 40 nitrogen and oxygen atoms in total. The maximum absolute atomic E-state index is 12.4. The summed E-state index contributed by atoms with van der Waals surface area (Å²) in [6.45, 7) is 3.80. The number of pyridine rings is 1. The van der Waals surface area contributed by atoms with Crippen LogP contribution < -0.4 is 20.3 Å². The van der Waals surface area contributed by atoms with E-state index in [2.05, 4.69) is 77.6 Å². The van der Waals surface area contributed by atoms with Crippen LogP contribution in [0.25, 0.3) is 16.7 Å². The topological polar surface area (TPSA) is 605 Å². The van der Waals surface area contributed by atoms with Crippen molar-refractivity contribution >= 4 is 181 Å². The largest absolute Gasteiger partial charge is 0.493 e. The lowest BCUT2D eigenvalue weighted by Gasteiger charge is -2.19. The number of imidazole rings is 1. The van der Waals surface area contributed by atoms with Gasteiger partial charge in [0, 0.05) is 52.8 Å². The van der Waals surface area contributed by atoms with Crippen molar-refractivity contribution in [2.24, 2.45) is 40.9 Å². The summed E-state index contributed by atoms with van der Waals surface area (Å²) in [7, 11) is -26.7. The van der Waals surface area contributed by atoms with Gasteiger partial charge in [0.1, 0.15) is 45.0 Å². The zero-order valence-corrected chi connectivity index (χ0v) is 62.8. The highest BCUT2D eigenvalue weighted by molar-refractivity contribution is 7.99. The van der Waals surface area contributed by atoms with Gasteiger partial charge in [0.05, 0.1) is 73.2 Å². The number of rotatable bonds is 34. The number of nitrogens with one attached hydrogen (secondary N) is 2. The normalized spacial score (nSPS) is 12.7. The number of non-ortho nitro benzene ring substituents is 1. The van der Waals surface area contributed by atoms with Gasteiger partial charge in [-0.3, -0.25) is 41.8 Å². The fourth-order valence-electron chi connectivity index (χ4n) is 9.67. The number of azo groups is 4. The van der Waals surface area contributed by atoms with E-state index < -0.39 is 128 Å². The van der Waals surface area contributed by atoms with Crippen molar-refractivity contribution in [1.82, 2.24) is 24.3 Å². The SMILES string of the molecule is Cc1cc(N=Nc2c(C)c(C#N)c3nc4ccccc4n3c2O)c(OCCCS(=O)(=O)O)cc1N=Nc1cc(Nc2nc(Nc3cccc(S(=O)(=O)O)c3)nc(N(C)CCS(=O)(=O)O)n2)c(N=Nc2cc(C)c(N=Nc3ccc([N+](=O)[O-])cc3S(=O)(=O)O)cc2SCCCS(=O)(=O)O)cc1SCCCS(=O)(=O)O. The molecule has 0 fully saturated rings. The number of nitrogens with zero attached hydrogens (tertiary/aromatic N) is 16. The molecule has 3 heterocycles. The van der Waals surface area contributed by atoms with Gasteiger partial charge in [-0.1, -0.05) is 18.2 Å². The summed E-state index contributed by atoms with van der Waals surface area (Å²) in [5.41, 5.74) is 0.0972. The molecule has 0 bridgehead atoms. The molecule has 0 saturated carbocycles. The van der Waals surface area contributed by atoms with Crippen molar-refractivity contribution in [3.63, 3.8) is 0 Å². The Bertz CT molecular complexity index is 5950. The molecule has 0 atom stereocenters. The predicted octanol–water partition coefficient (Wildman–Crippen LogP) is 12.4. The molecule has 48 heteroatoms. The number of aromatic hydroxyl groups is 1. The number of hydrogen-bond acceptors (Lipinski definition) is 34. The summed E-state index contributed by atoms with van der Waals surface area (Å²) in [5.74, 6) is -4.69. The molecule has 9 N–H and O–H groups in total. The van der Waals surface area contributed by atoms with Crippen molar-refractivity contribution < 1.29 is 92.6 Å². The smallest absolute Gasteiger partial charge is 0.297 e. The first kappa shape index (κ1) is 81.8. The first-order chi connectivity index (χ1) is 50.6. The number of benzene rings is 6. The lowest BCUT2D eigenvalue weighted by atomic mass is 10.1. The Morgan fingerprint density at radius 2 is 1.13 bits per heavy atom. The fourth-order valence-corrected chi connectivity index (χ4v) is 15.1. The third kappa shape index (κ3) is 22.4. The van der Waals surface area contributed by atoms with Gasteiger partial charge in [0.15, 0.2) is 11.3 Å². The van der Waals surface area contributed by atoms with Crippen LogP contribution in [0.15, 0.2) is 164 Å². The number of thioether (sulfide) groups is 2. The van der Waals surface area contributed by atoms with Crippen LogP contribution in [0.3, 0.4) is 0 Å². The second kappa shape index (κ2) is 33.9. The van der Waals surface area contributed by atoms with E-state index in [-0.39, 0.29) is 138 Å². The minimum Gasteiger partial charge on any atom is -0.493 e. The van der Waals surface area contributed by atoms with E-state index >= 15 is 0 Å². The first-order valence-corrected chi connectivity index (χ1v) is 42.1. The lowest BCUT2D eigenvalue weighted by molar-refractivity contribution is -0.385. The van der Waals surface area contributed by atoms with Gasteiger partial charge in [0.2, 0.25) is 23.7 Å². The maximum atomic E-state index is 12.4. The minimum atomic E-state index is -5.13. The van der Waals surface area contributed by atoms with Gasteiger partial charge in [-0.15, -0.1) is 54.2 Å². The zero-order chi connectivity index (χ0) is 78.8.